The smallest absolute Gasteiger partial charge is 0.240 e. The van der Waals surface area contributed by atoms with Crippen molar-refractivity contribution in [2.75, 3.05) is 11.9 Å². The summed E-state index contributed by atoms with van der Waals surface area (Å²) in [5.74, 6) is 0.161. The van der Waals surface area contributed by atoms with Gasteiger partial charge in [-0.1, -0.05) is 48.0 Å². The second-order valence-electron chi connectivity index (χ2n) is 6.45. The van der Waals surface area contributed by atoms with Crippen LogP contribution in [0.15, 0.2) is 65.8 Å². The lowest BCUT2D eigenvalue weighted by Gasteiger charge is -2.09. The van der Waals surface area contributed by atoms with Crippen molar-refractivity contribution < 1.29 is 14.3 Å². The van der Waals surface area contributed by atoms with E-state index in [4.69, 9.17) is 16.3 Å². The van der Waals surface area contributed by atoms with Crippen molar-refractivity contribution in [3.63, 3.8) is 0 Å². The molecule has 2 amide bonds. The number of carbonyl (C=O) groups is 2. The number of rotatable bonds is 8. The maximum atomic E-state index is 12.0. The lowest BCUT2D eigenvalue weighted by Crippen LogP contribution is -2.20. The van der Waals surface area contributed by atoms with Crippen LogP contribution in [0.2, 0.25) is 5.02 Å². The molecule has 0 saturated carbocycles. The molecule has 0 radical (unpaired) electrons. The van der Waals surface area contributed by atoms with Crippen LogP contribution in [-0.4, -0.2) is 24.6 Å². The number of fused-ring (bicyclic) bond motifs is 1. The van der Waals surface area contributed by atoms with Crippen molar-refractivity contribution in [1.82, 2.24) is 5.43 Å². The number of halogens is 1. The molecule has 0 bridgehead atoms. The maximum Gasteiger partial charge on any atom is 0.240 e. The van der Waals surface area contributed by atoms with E-state index in [1.54, 1.807) is 30.5 Å². The second-order valence-corrected chi connectivity index (χ2v) is 6.86. The van der Waals surface area contributed by atoms with Crippen LogP contribution in [0.1, 0.15) is 25.3 Å². The summed E-state index contributed by atoms with van der Waals surface area (Å²) < 4.78 is 5.66. The Labute approximate surface area is 179 Å². The van der Waals surface area contributed by atoms with Crippen LogP contribution in [0.5, 0.6) is 5.75 Å². The molecule has 3 aromatic rings. The van der Waals surface area contributed by atoms with Gasteiger partial charge in [-0.2, -0.15) is 5.10 Å². The van der Waals surface area contributed by atoms with Crippen molar-refractivity contribution in [3.8, 4) is 5.75 Å². The third-order valence-corrected chi connectivity index (χ3v) is 4.67. The van der Waals surface area contributed by atoms with Crippen LogP contribution >= 0.6 is 11.6 Å². The fraction of sp³-hybridized carbons (Fsp3) is 0.174. The van der Waals surface area contributed by atoms with Gasteiger partial charge in [0.1, 0.15) is 5.75 Å². The summed E-state index contributed by atoms with van der Waals surface area (Å²) in [4.78, 5) is 24.0. The van der Waals surface area contributed by atoms with E-state index in [1.807, 2.05) is 43.3 Å². The predicted molar refractivity (Wildman–Crippen MR) is 120 cm³/mol. The topological polar surface area (TPSA) is 79.8 Å². The highest BCUT2D eigenvalue weighted by Crippen LogP contribution is 2.27. The van der Waals surface area contributed by atoms with Crippen LogP contribution < -0.4 is 15.5 Å². The van der Waals surface area contributed by atoms with E-state index in [-0.39, 0.29) is 24.7 Å². The summed E-state index contributed by atoms with van der Waals surface area (Å²) in [6.07, 6.45) is 1.62. The SMILES string of the molecule is CCOc1ccc(C=NNC(=O)CCC(=O)Nc2ccccc2Cl)c2ccccc12. The molecule has 0 aliphatic heterocycles. The first kappa shape index (κ1) is 21.3. The fourth-order valence-corrected chi connectivity index (χ4v) is 3.10. The monoisotopic (exact) mass is 423 g/mol. The van der Waals surface area contributed by atoms with Gasteiger partial charge in [-0.25, -0.2) is 5.43 Å². The molecule has 0 atom stereocenters. The van der Waals surface area contributed by atoms with Crippen molar-refractivity contribution in [2.24, 2.45) is 5.10 Å². The minimum Gasteiger partial charge on any atom is -0.493 e. The lowest BCUT2D eigenvalue weighted by atomic mass is 10.0. The molecule has 30 heavy (non-hydrogen) atoms. The Balaban J connectivity index is 1.55. The molecule has 0 saturated heterocycles. The van der Waals surface area contributed by atoms with Gasteiger partial charge < -0.3 is 10.1 Å². The Morgan fingerprint density at radius 1 is 0.967 bits per heavy atom. The molecule has 0 unspecified atom stereocenters. The Morgan fingerprint density at radius 2 is 1.67 bits per heavy atom. The first-order chi connectivity index (χ1) is 14.6. The highest BCUT2D eigenvalue weighted by atomic mass is 35.5. The summed E-state index contributed by atoms with van der Waals surface area (Å²) >= 11 is 6.01. The highest BCUT2D eigenvalue weighted by Gasteiger charge is 2.09. The summed E-state index contributed by atoms with van der Waals surface area (Å²) in [6, 6.07) is 18.5. The molecule has 3 rings (SSSR count). The quantitative estimate of drug-likeness (QED) is 0.405. The van der Waals surface area contributed by atoms with Crippen LogP contribution in [0.25, 0.3) is 10.8 Å². The van der Waals surface area contributed by atoms with E-state index in [0.717, 1.165) is 22.1 Å². The molecule has 0 spiro atoms. The number of carbonyl (C=O) groups excluding carboxylic acids is 2. The number of anilines is 1. The summed E-state index contributed by atoms with van der Waals surface area (Å²) in [6.45, 7) is 2.52. The number of amides is 2. The Hall–Kier alpha value is -3.38. The number of ether oxygens (including phenoxy) is 1. The molecule has 2 N–H and O–H groups in total. The van der Waals surface area contributed by atoms with Gasteiger partial charge in [0.25, 0.3) is 0 Å². The number of benzene rings is 3. The maximum absolute atomic E-state index is 12.0. The van der Waals surface area contributed by atoms with Gasteiger partial charge in [0, 0.05) is 23.8 Å². The zero-order valence-electron chi connectivity index (χ0n) is 16.5. The lowest BCUT2D eigenvalue weighted by molar-refractivity contribution is -0.124. The van der Waals surface area contributed by atoms with E-state index in [0.29, 0.717) is 17.3 Å². The van der Waals surface area contributed by atoms with Gasteiger partial charge in [0.15, 0.2) is 0 Å². The number of nitrogens with one attached hydrogen (secondary N) is 2. The molecule has 0 aliphatic rings. The molecular weight excluding hydrogens is 402 g/mol. The van der Waals surface area contributed by atoms with E-state index in [1.165, 1.54) is 0 Å². The predicted octanol–water partition coefficient (Wildman–Crippen LogP) is 4.76. The van der Waals surface area contributed by atoms with Gasteiger partial charge in [-0.15, -0.1) is 0 Å². The number of hydrogen-bond donors (Lipinski definition) is 2. The molecule has 3 aromatic carbocycles. The van der Waals surface area contributed by atoms with E-state index >= 15 is 0 Å². The average Bonchev–Trinajstić information content (AvgIpc) is 2.75. The number of hydrogen-bond acceptors (Lipinski definition) is 4. The minimum absolute atomic E-state index is 0.0116. The van der Waals surface area contributed by atoms with Gasteiger partial charge >= 0.3 is 0 Å². The van der Waals surface area contributed by atoms with Crippen molar-refractivity contribution in [1.29, 1.82) is 0 Å². The van der Waals surface area contributed by atoms with Crippen molar-refractivity contribution in [2.45, 2.75) is 19.8 Å². The standard InChI is InChI=1S/C23H22ClN3O3/c1-2-30-21-12-11-16(17-7-3-4-8-18(17)21)15-25-27-23(29)14-13-22(28)26-20-10-6-5-9-19(20)24/h3-12,15H,2,13-14H2,1H3,(H,26,28)(H,27,29). The van der Waals surface area contributed by atoms with E-state index in [9.17, 15) is 9.59 Å². The Morgan fingerprint density at radius 3 is 2.43 bits per heavy atom. The van der Waals surface area contributed by atoms with Crippen molar-refractivity contribution in [3.05, 3.63) is 71.2 Å². The summed E-state index contributed by atoms with van der Waals surface area (Å²) in [5.41, 5.74) is 3.83. The van der Waals surface area contributed by atoms with Gasteiger partial charge in [0.2, 0.25) is 11.8 Å². The number of nitrogens with zero attached hydrogens (tertiary/aromatic N) is 1. The summed E-state index contributed by atoms with van der Waals surface area (Å²) in [5, 5.41) is 9.10. The molecule has 0 aliphatic carbocycles. The van der Waals surface area contributed by atoms with Crippen LogP contribution in [0.3, 0.4) is 0 Å². The first-order valence-corrected chi connectivity index (χ1v) is 9.97. The normalized spacial score (nSPS) is 10.9. The zero-order chi connectivity index (χ0) is 21.3. The number of para-hydroxylation sites is 1. The van der Waals surface area contributed by atoms with Crippen LogP contribution in [0, 0.1) is 0 Å². The van der Waals surface area contributed by atoms with Crippen LogP contribution in [-0.2, 0) is 9.59 Å². The Bertz CT molecular complexity index is 1080. The molecule has 7 heteroatoms. The van der Waals surface area contributed by atoms with E-state index in [2.05, 4.69) is 15.8 Å². The fourth-order valence-electron chi connectivity index (χ4n) is 2.92. The Kier molecular flexibility index (Phi) is 7.40. The molecule has 6 nitrogen and oxygen atoms in total. The molecule has 0 aromatic heterocycles. The average molecular weight is 424 g/mol. The molecule has 154 valence electrons. The molecule has 0 fully saturated rings. The van der Waals surface area contributed by atoms with E-state index < -0.39 is 0 Å². The first-order valence-electron chi connectivity index (χ1n) is 9.59. The highest BCUT2D eigenvalue weighted by molar-refractivity contribution is 6.33. The zero-order valence-corrected chi connectivity index (χ0v) is 17.3. The second kappa shape index (κ2) is 10.4. The number of hydrazone groups is 1. The summed E-state index contributed by atoms with van der Waals surface area (Å²) in [7, 11) is 0. The molecular formula is C23H22ClN3O3. The van der Waals surface area contributed by atoms with Gasteiger partial charge in [-0.3, -0.25) is 9.59 Å². The van der Waals surface area contributed by atoms with Gasteiger partial charge in [0.05, 0.1) is 23.5 Å². The third kappa shape index (κ3) is 5.58. The minimum atomic E-state index is -0.351. The van der Waals surface area contributed by atoms with Gasteiger partial charge in [-0.05, 0) is 36.6 Å². The third-order valence-electron chi connectivity index (χ3n) is 4.34. The van der Waals surface area contributed by atoms with Crippen LogP contribution in [0.4, 0.5) is 5.69 Å². The molecule has 0 heterocycles. The van der Waals surface area contributed by atoms with Crippen molar-refractivity contribution >= 4 is 46.1 Å². The largest absolute Gasteiger partial charge is 0.493 e.